The highest BCUT2D eigenvalue weighted by atomic mass is 35.5. The van der Waals surface area contributed by atoms with Gasteiger partial charge in [0.05, 0.1) is 10.7 Å². The largest absolute Gasteiger partial charge is 0.354 e. The normalized spacial score (nSPS) is 10.5. The van der Waals surface area contributed by atoms with Crippen molar-refractivity contribution >= 4 is 40.7 Å². The Balaban J connectivity index is 1.68. The number of aryl methyl sites for hydroxylation is 1. The first-order chi connectivity index (χ1) is 12.1. The molecule has 0 spiro atoms. The van der Waals surface area contributed by atoms with Gasteiger partial charge in [0.25, 0.3) is 0 Å². The molecular formula is C19H18Cl2N4. The molecule has 1 aromatic heterocycles. The second kappa shape index (κ2) is 8.19. The highest BCUT2D eigenvalue weighted by Gasteiger charge is 2.06. The number of nitrogens with zero attached hydrogens (tertiary/aromatic N) is 2. The predicted molar refractivity (Wildman–Crippen MR) is 105 cm³/mol. The maximum Gasteiger partial charge on any atom is 0.224 e. The molecule has 0 aliphatic heterocycles. The minimum Gasteiger partial charge on any atom is -0.354 e. The summed E-state index contributed by atoms with van der Waals surface area (Å²) in [6, 6.07) is 17.4. The molecule has 2 aromatic carbocycles. The summed E-state index contributed by atoms with van der Waals surface area (Å²) in [7, 11) is 0. The van der Waals surface area contributed by atoms with Crippen molar-refractivity contribution in [3.8, 4) is 0 Å². The summed E-state index contributed by atoms with van der Waals surface area (Å²) in [6.07, 6.45) is 0.904. The highest BCUT2D eigenvalue weighted by Crippen LogP contribution is 2.28. The van der Waals surface area contributed by atoms with Crippen LogP contribution in [0.4, 0.5) is 17.5 Å². The van der Waals surface area contributed by atoms with E-state index in [0.717, 1.165) is 18.7 Å². The molecule has 0 fully saturated rings. The molecule has 0 aliphatic carbocycles. The lowest BCUT2D eigenvalue weighted by Crippen LogP contribution is -2.09. The fraction of sp³-hybridized carbons (Fsp3) is 0.158. The summed E-state index contributed by atoms with van der Waals surface area (Å²) in [4.78, 5) is 8.92. The van der Waals surface area contributed by atoms with Crippen LogP contribution in [0.15, 0.2) is 54.6 Å². The van der Waals surface area contributed by atoms with Gasteiger partial charge < -0.3 is 10.6 Å². The van der Waals surface area contributed by atoms with Crippen LogP contribution in [0.5, 0.6) is 0 Å². The molecule has 3 aromatic rings. The smallest absolute Gasteiger partial charge is 0.224 e. The molecule has 0 atom stereocenters. The third-order valence-corrected chi connectivity index (χ3v) is 4.15. The minimum absolute atomic E-state index is 0.580. The van der Waals surface area contributed by atoms with Crippen LogP contribution in [0, 0.1) is 6.92 Å². The van der Waals surface area contributed by atoms with Gasteiger partial charge in [-0.3, -0.25) is 0 Å². The predicted octanol–water partition coefficient (Wildman–Crippen LogP) is 5.49. The summed E-state index contributed by atoms with van der Waals surface area (Å²) in [5.74, 6) is 1.25. The molecule has 0 radical (unpaired) electrons. The van der Waals surface area contributed by atoms with Gasteiger partial charge in [-0.1, -0.05) is 53.5 Å². The lowest BCUT2D eigenvalue weighted by molar-refractivity contribution is 0.976. The Morgan fingerprint density at radius 2 is 1.76 bits per heavy atom. The van der Waals surface area contributed by atoms with E-state index in [1.807, 2.05) is 31.2 Å². The second-order valence-corrected chi connectivity index (χ2v) is 6.47. The van der Waals surface area contributed by atoms with Crippen molar-refractivity contribution in [2.45, 2.75) is 13.3 Å². The third kappa shape index (κ3) is 5.08. The van der Waals surface area contributed by atoms with E-state index in [1.54, 1.807) is 18.2 Å². The number of rotatable bonds is 6. The number of hydrogen-bond donors (Lipinski definition) is 2. The Kier molecular flexibility index (Phi) is 5.74. The van der Waals surface area contributed by atoms with Crippen LogP contribution in [-0.2, 0) is 6.42 Å². The van der Waals surface area contributed by atoms with Crippen LogP contribution in [0.2, 0.25) is 10.0 Å². The zero-order valence-corrected chi connectivity index (χ0v) is 15.3. The van der Waals surface area contributed by atoms with E-state index in [1.165, 1.54) is 5.56 Å². The first-order valence-corrected chi connectivity index (χ1v) is 8.71. The van der Waals surface area contributed by atoms with Crippen LogP contribution >= 0.6 is 23.2 Å². The van der Waals surface area contributed by atoms with Crippen LogP contribution in [0.1, 0.15) is 11.3 Å². The molecule has 0 unspecified atom stereocenters. The Labute approximate surface area is 157 Å². The van der Waals surface area contributed by atoms with Gasteiger partial charge in [0, 0.05) is 23.3 Å². The van der Waals surface area contributed by atoms with Gasteiger partial charge in [-0.2, -0.15) is 4.98 Å². The molecule has 0 amide bonds. The lowest BCUT2D eigenvalue weighted by atomic mass is 10.1. The van der Waals surface area contributed by atoms with E-state index in [2.05, 4.69) is 32.7 Å². The van der Waals surface area contributed by atoms with Crippen molar-refractivity contribution in [1.29, 1.82) is 0 Å². The van der Waals surface area contributed by atoms with E-state index in [4.69, 9.17) is 23.2 Å². The number of nitrogens with one attached hydrogen (secondary N) is 2. The Morgan fingerprint density at radius 1 is 0.960 bits per heavy atom. The standard InChI is InChI=1S/C19H18Cl2N4/c1-13-11-18(24-17-12-15(20)7-8-16(17)21)25-19(23-13)22-10-9-14-5-3-2-4-6-14/h2-8,11-12H,9-10H2,1H3,(H2,22,23,24,25). The molecule has 1 heterocycles. The van der Waals surface area contributed by atoms with Gasteiger partial charge >= 0.3 is 0 Å². The summed E-state index contributed by atoms with van der Waals surface area (Å²) in [5, 5.41) is 7.65. The number of aromatic nitrogens is 2. The number of halogens is 2. The van der Waals surface area contributed by atoms with E-state index in [-0.39, 0.29) is 0 Å². The number of anilines is 3. The summed E-state index contributed by atoms with van der Waals surface area (Å²) in [6.45, 7) is 2.68. The first-order valence-electron chi connectivity index (χ1n) is 7.96. The van der Waals surface area contributed by atoms with Crippen molar-refractivity contribution in [3.05, 3.63) is 75.9 Å². The molecule has 0 saturated carbocycles. The van der Waals surface area contributed by atoms with Gasteiger partial charge in [0.1, 0.15) is 5.82 Å². The zero-order valence-electron chi connectivity index (χ0n) is 13.8. The highest BCUT2D eigenvalue weighted by molar-refractivity contribution is 6.35. The average Bonchev–Trinajstić information content (AvgIpc) is 2.59. The van der Waals surface area contributed by atoms with Gasteiger partial charge in [-0.15, -0.1) is 0 Å². The Hall–Kier alpha value is -2.30. The van der Waals surface area contributed by atoms with Crippen LogP contribution < -0.4 is 10.6 Å². The lowest BCUT2D eigenvalue weighted by Gasteiger charge is -2.11. The monoisotopic (exact) mass is 372 g/mol. The first kappa shape index (κ1) is 17.5. The zero-order chi connectivity index (χ0) is 17.6. The molecule has 0 aliphatic rings. The molecule has 25 heavy (non-hydrogen) atoms. The van der Waals surface area contributed by atoms with Crippen molar-refractivity contribution < 1.29 is 0 Å². The topological polar surface area (TPSA) is 49.8 Å². The van der Waals surface area contributed by atoms with Crippen molar-refractivity contribution in [1.82, 2.24) is 9.97 Å². The van der Waals surface area contributed by atoms with E-state index in [9.17, 15) is 0 Å². The van der Waals surface area contributed by atoms with E-state index in [0.29, 0.717) is 27.5 Å². The molecule has 0 saturated heterocycles. The van der Waals surface area contributed by atoms with E-state index >= 15 is 0 Å². The van der Waals surface area contributed by atoms with Gasteiger partial charge in [-0.25, -0.2) is 4.98 Å². The summed E-state index contributed by atoms with van der Waals surface area (Å²) < 4.78 is 0. The molecule has 3 rings (SSSR count). The Morgan fingerprint density at radius 3 is 2.56 bits per heavy atom. The van der Waals surface area contributed by atoms with Crippen molar-refractivity contribution in [2.75, 3.05) is 17.2 Å². The van der Waals surface area contributed by atoms with Crippen molar-refractivity contribution in [2.24, 2.45) is 0 Å². The molecular weight excluding hydrogens is 355 g/mol. The molecule has 0 bridgehead atoms. The van der Waals surface area contributed by atoms with Crippen molar-refractivity contribution in [3.63, 3.8) is 0 Å². The fourth-order valence-corrected chi connectivity index (χ4v) is 2.74. The maximum atomic E-state index is 6.20. The Bertz CT molecular complexity index is 853. The SMILES string of the molecule is Cc1cc(Nc2cc(Cl)ccc2Cl)nc(NCCc2ccccc2)n1. The minimum atomic E-state index is 0.580. The van der Waals surface area contributed by atoms with E-state index < -0.39 is 0 Å². The van der Waals surface area contributed by atoms with Crippen LogP contribution in [0.3, 0.4) is 0 Å². The van der Waals surface area contributed by atoms with Gasteiger partial charge in [-0.05, 0) is 37.1 Å². The van der Waals surface area contributed by atoms with Gasteiger partial charge in [0.2, 0.25) is 5.95 Å². The quantitative estimate of drug-likeness (QED) is 0.600. The third-order valence-electron chi connectivity index (χ3n) is 3.58. The molecule has 128 valence electrons. The molecule has 4 nitrogen and oxygen atoms in total. The fourth-order valence-electron chi connectivity index (χ4n) is 2.41. The maximum absolute atomic E-state index is 6.20. The van der Waals surface area contributed by atoms with Gasteiger partial charge in [0.15, 0.2) is 0 Å². The summed E-state index contributed by atoms with van der Waals surface area (Å²) >= 11 is 12.2. The molecule has 2 N–H and O–H groups in total. The number of benzene rings is 2. The number of hydrogen-bond acceptors (Lipinski definition) is 4. The second-order valence-electron chi connectivity index (χ2n) is 5.63. The molecule has 6 heteroatoms. The van der Waals surface area contributed by atoms with Crippen LogP contribution in [0.25, 0.3) is 0 Å². The summed E-state index contributed by atoms with van der Waals surface area (Å²) in [5.41, 5.74) is 2.84. The van der Waals surface area contributed by atoms with Crippen LogP contribution in [-0.4, -0.2) is 16.5 Å². The average molecular weight is 373 g/mol.